The number of ketones is 1. The van der Waals surface area contributed by atoms with E-state index in [1.807, 2.05) is 45.0 Å². The lowest BCUT2D eigenvalue weighted by atomic mass is 9.75. The third-order valence-corrected chi connectivity index (χ3v) is 4.25. The summed E-state index contributed by atoms with van der Waals surface area (Å²) in [5, 5.41) is 10.4. The van der Waals surface area contributed by atoms with Crippen molar-refractivity contribution >= 4 is 33.1 Å². The zero-order chi connectivity index (χ0) is 16.3. The van der Waals surface area contributed by atoms with Crippen LogP contribution < -0.4 is 0 Å². The summed E-state index contributed by atoms with van der Waals surface area (Å²) in [4.78, 5) is 17.1. The van der Waals surface area contributed by atoms with E-state index in [4.69, 9.17) is 0 Å². The summed E-state index contributed by atoms with van der Waals surface area (Å²) in [6, 6.07) is 7.63. The normalized spacial score (nSPS) is 18.7. The number of carbonyl (C=O) groups excluding carboxylic acids is 1. The largest absolute Gasteiger partial charge is 0.511 e. The second-order valence-electron chi connectivity index (χ2n) is 6.55. The highest BCUT2D eigenvalue weighted by molar-refractivity contribution is 9.10. The van der Waals surface area contributed by atoms with Gasteiger partial charge in [-0.25, -0.2) is 0 Å². The molecule has 0 fully saturated rings. The molecule has 0 heterocycles. The van der Waals surface area contributed by atoms with E-state index in [1.165, 1.54) is 0 Å². The van der Waals surface area contributed by atoms with Crippen LogP contribution in [-0.4, -0.2) is 16.6 Å². The Labute approximate surface area is 140 Å². The van der Waals surface area contributed by atoms with E-state index in [0.717, 1.165) is 16.6 Å². The molecule has 0 saturated heterocycles. The Morgan fingerprint density at radius 2 is 1.91 bits per heavy atom. The van der Waals surface area contributed by atoms with E-state index in [1.54, 1.807) is 0 Å². The Kier molecular flexibility index (Phi) is 5.22. The van der Waals surface area contributed by atoms with Crippen molar-refractivity contribution in [3.8, 4) is 0 Å². The average Bonchev–Trinajstić information content (AvgIpc) is 2.39. The van der Waals surface area contributed by atoms with Gasteiger partial charge in [0.15, 0.2) is 5.78 Å². The molecule has 1 N–H and O–H groups in total. The minimum Gasteiger partial charge on any atom is -0.511 e. The molecule has 22 heavy (non-hydrogen) atoms. The maximum absolute atomic E-state index is 12.5. The number of halogens is 1. The maximum atomic E-state index is 12.5. The van der Waals surface area contributed by atoms with Crippen LogP contribution in [0.15, 0.2) is 45.1 Å². The summed E-state index contributed by atoms with van der Waals surface area (Å²) in [6.45, 7) is 6.05. The van der Waals surface area contributed by atoms with Gasteiger partial charge in [-0.1, -0.05) is 43.1 Å². The minimum absolute atomic E-state index is 0.00179. The van der Waals surface area contributed by atoms with E-state index in [-0.39, 0.29) is 17.0 Å². The van der Waals surface area contributed by atoms with Gasteiger partial charge in [-0.15, -0.1) is 0 Å². The van der Waals surface area contributed by atoms with Crippen molar-refractivity contribution in [2.24, 2.45) is 10.4 Å². The molecule has 1 aliphatic rings. The number of allylic oxidation sites excluding steroid dienone is 2. The number of aliphatic imine (C=N–C) groups is 1. The molecule has 0 unspecified atom stereocenters. The Morgan fingerprint density at radius 3 is 2.45 bits per heavy atom. The number of hydrogen-bond acceptors (Lipinski definition) is 3. The van der Waals surface area contributed by atoms with Gasteiger partial charge in [-0.3, -0.25) is 9.79 Å². The van der Waals surface area contributed by atoms with E-state index >= 15 is 0 Å². The molecule has 1 aromatic carbocycles. The molecule has 1 aliphatic carbocycles. The van der Waals surface area contributed by atoms with Crippen LogP contribution in [0.5, 0.6) is 0 Å². The smallest absolute Gasteiger partial charge is 0.168 e. The zero-order valence-corrected chi connectivity index (χ0v) is 14.9. The Morgan fingerprint density at radius 1 is 1.27 bits per heavy atom. The van der Waals surface area contributed by atoms with Crippen molar-refractivity contribution < 1.29 is 9.90 Å². The standard InChI is InChI=1S/C18H22BrNO2/c1-4-5-14(20-13-8-6-12(19)7-9-13)17-15(21)10-18(2,3)11-16(17)22/h6-9,21H,4-5,10-11H2,1-3H3. The molecular weight excluding hydrogens is 342 g/mol. The summed E-state index contributed by atoms with van der Waals surface area (Å²) < 4.78 is 0.987. The van der Waals surface area contributed by atoms with Crippen molar-refractivity contribution in [2.75, 3.05) is 0 Å². The molecule has 0 aliphatic heterocycles. The molecule has 2 rings (SSSR count). The van der Waals surface area contributed by atoms with Crippen molar-refractivity contribution in [2.45, 2.75) is 46.5 Å². The fourth-order valence-electron chi connectivity index (χ4n) is 2.76. The Hall–Kier alpha value is -1.42. The first kappa shape index (κ1) is 16.9. The van der Waals surface area contributed by atoms with Crippen LogP contribution in [0.1, 0.15) is 46.5 Å². The number of rotatable bonds is 4. The van der Waals surface area contributed by atoms with E-state index in [9.17, 15) is 9.90 Å². The highest BCUT2D eigenvalue weighted by Crippen LogP contribution is 2.37. The molecular formula is C18H22BrNO2. The highest BCUT2D eigenvalue weighted by atomic mass is 79.9. The van der Waals surface area contributed by atoms with Gasteiger partial charge >= 0.3 is 0 Å². The average molecular weight is 364 g/mol. The second kappa shape index (κ2) is 6.78. The SMILES string of the molecule is CCCC(=Nc1ccc(Br)cc1)C1=C(O)CC(C)(C)CC1=O. The Balaban J connectivity index is 2.43. The molecule has 0 spiro atoms. The molecule has 0 atom stereocenters. The van der Waals surface area contributed by atoms with Crippen molar-refractivity contribution in [1.29, 1.82) is 0 Å². The van der Waals surface area contributed by atoms with Crippen molar-refractivity contribution in [3.63, 3.8) is 0 Å². The van der Waals surface area contributed by atoms with Gasteiger partial charge in [-0.2, -0.15) is 0 Å². The lowest BCUT2D eigenvalue weighted by Gasteiger charge is -2.30. The number of aliphatic hydroxyl groups excluding tert-OH is 1. The molecule has 0 aromatic heterocycles. The molecule has 4 heteroatoms. The number of benzene rings is 1. The quantitative estimate of drug-likeness (QED) is 0.715. The monoisotopic (exact) mass is 363 g/mol. The highest BCUT2D eigenvalue weighted by Gasteiger charge is 2.34. The number of hydrogen-bond donors (Lipinski definition) is 1. The maximum Gasteiger partial charge on any atom is 0.168 e. The van der Waals surface area contributed by atoms with Crippen LogP contribution in [0.4, 0.5) is 5.69 Å². The Bertz CT molecular complexity index is 627. The van der Waals surface area contributed by atoms with Crippen molar-refractivity contribution in [3.05, 3.63) is 40.1 Å². The second-order valence-corrected chi connectivity index (χ2v) is 7.46. The zero-order valence-electron chi connectivity index (χ0n) is 13.3. The van der Waals surface area contributed by atoms with Crippen LogP contribution >= 0.6 is 15.9 Å². The van der Waals surface area contributed by atoms with Crippen molar-refractivity contribution in [1.82, 2.24) is 0 Å². The summed E-state index contributed by atoms with van der Waals surface area (Å²) in [7, 11) is 0. The van der Waals surface area contributed by atoms with Gasteiger partial charge in [0.25, 0.3) is 0 Å². The van der Waals surface area contributed by atoms with Gasteiger partial charge in [0.05, 0.1) is 17.0 Å². The molecule has 0 radical (unpaired) electrons. The summed E-state index contributed by atoms with van der Waals surface area (Å²) in [5.41, 5.74) is 1.75. The lowest BCUT2D eigenvalue weighted by molar-refractivity contribution is -0.117. The van der Waals surface area contributed by atoms with Gasteiger partial charge in [-0.05, 0) is 36.1 Å². The first-order chi connectivity index (χ1) is 10.3. The van der Waals surface area contributed by atoms with E-state index < -0.39 is 0 Å². The molecule has 118 valence electrons. The molecule has 0 bridgehead atoms. The summed E-state index contributed by atoms with van der Waals surface area (Å²) in [5.74, 6) is 0.184. The number of aliphatic hydroxyl groups is 1. The minimum atomic E-state index is -0.181. The molecule has 0 amide bonds. The van der Waals surface area contributed by atoms with Crippen LogP contribution in [0.25, 0.3) is 0 Å². The first-order valence-electron chi connectivity index (χ1n) is 7.61. The predicted octanol–water partition coefficient (Wildman–Crippen LogP) is 5.52. The van der Waals surface area contributed by atoms with Crippen LogP contribution in [0.3, 0.4) is 0 Å². The first-order valence-corrected chi connectivity index (χ1v) is 8.40. The summed E-state index contributed by atoms with van der Waals surface area (Å²) >= 11 is 3.40. The topological polar surface area (TPSA) is 49.7 Å². The molecule has 3 nitrogen and oxygen atoms in total. The lowest BCUT2D eigenvalue weighted by Crippen LogP contribution is -2.29. The van der Waals surface area contributed by atoms with Crippen LogP contribution in [0, 0.1) is 5.41 Å². The fourth-order valence-corrected chi connectivity index (χ4v) is 3.03. The number of nitrogens with zero attached hydrogens (tertiary/aromatic N) is 1. The molecule has 1 aromatic rings. The van der Waals surface area contributed by atoms with Gasteiger partial charge in [0, 0.05) is 17.3 Å². The van der Waals surface area contributed by atoms with Crippen LogP contribution in [0.2, 0.25) is 0 Å². The fraction of sp³-hybridized carbons (Fsp3) is 0.444. The number of carbonyl (C=O) groups is 1. The third kappa shape index (κ3) is 4.07. The van der Waals surface area contributed by atoms with Gasteiger partial charge in [0.2, 0.25) is 0 Å². The predicted molar refractivity (Wildman–Crippen MR) is 93.8 cm³/mol. The molecule has 0 saturated carbocycles. The van der Waals surface area contributed by atoms with E-state index in [0.29, 0.717) is 30.5 Å². The van der Waals surface area contributed by atoms with Gasteiger partial charge in [0.1, 0.15) is 5.76 Å². The van der Waals surface area contributed by atoms with Gasteiger partial charge < -0.3 is 5.11 Å². The van der Waals surface area contributed by atoms with Crippen LogP contribution in [-0.2, 0) is 4.79 Å². The number of Topliss-reactive ketones (excluding diaryl/α,β-unsaturated/α-hetero) is 1. The third-order valence-electron chi connectivity index (χ3n) is 3.72. The summed E-state index contributed by atoms with van der Waals surface area (Å²) in [6.07, 6.45) is 2.54. The van der Waals surface area contributed by atoms with E-state index in [2.05, 4.69) is 20.9 Å².